The SMILES string of the molecule is C=CCn1c(=NC(=O)c2cccc(C)c2)sc2ccc([N+](=O)[O-])cc21. The first kappa shape index (κ1) is 16.8. The Balaban J connectivity index is 2.17. The lowest BCUT2D eigenvalue weighted by molar-refractivity contribution is -0.384. The number of nitro groups is 1. The molecule has 0 saturated carbocycles. The summed E-state index contributed by atoms with van der Waals surface area (Å²) >= 11 is 1.32. The Hall–Kier alpha value is -3.06. The highest BCUT2D eigenvalue weighted by Gasteiger charge is 2.13. The highest BCUT2D eigenvalue weighted by atomic mass is 32.1. The molecule has 7 heteroatoms. The van der Waals surface area contributed by atoms with Gasteiger partial charge in [0.15, 0.2) is 4.80 Å². The van der Waals surface area contributed by atoms with Gasteiger partial charge in [-0.1, -0.05) is 35.1 Å². The molecule has 1 aromatic heterocycles. The number of nitrogens with zero attached hydrogens (tertiary/aromatic N) is 3. The van der Waals surface area contributed by atoms with E-state index < -0.39 is 4.92 Å². The van der Waals surface area contributed by atoms with Crippen LogP contribution in [0.1, 0.15) is 15.9 Å². The average molecular weight is 353 g/mol. The molecule has 126 valence electrons. The third kappa shape index (κ3) is 3.41. The first-order valence-electron chi connectivity index (χ1n) is 7.54. The van der Waals surface area contributed by atoms with Gasteiger partial charge in [-0.2, -0.15) is 4.99 Å². The molecule has 0 aliphatic rings. The number of nitro benzene ring substituents is 1. The van der Waals surface area contributed by atoms with Gasteiger partial charge < -0.3 is 4.57 Å². The van der Waals surface area contributed by atoms with Gasteiger partial charge in [0.1, 0.15) is 0 Å². The topological polar surface area (TPSA) is 77.5 Å². The second kappa shape index (κ2) is 6.82. The van der Waals surface area contributed by atoms with E-state index in [2.05, 4.69) is 11.6 Å². The highest BCUT2D eigenvalue weighted by molar-refractivity contribution is 7.16. The standard InChI is InChI=1S/C18H15N3O3S/c1-3-9-20-15-11-14(21(23)24)7-8-16(15)25-18(20)19-17(22)13-6-4-5-12(2)10-13/h3-8,10-11H,1,9H2,2H3. The number of aromatic nitrogens is 1. The van der Waals surface area contributed by atoms with E-state index >= 15 is 0 Å². The van der Waals surface area contributed by atoms with Crippen LogP contribution in [0.5, 0.6) is 0 Å². The van der Waals surface area contributed by atoms with Crippen molar-refractivity contribution in [3.05, 3.63) is 81.2 Å². The number of non-ortho nitro benzene ring substituents is 1. The molecule has 0 atom stereocenters. The molecule has 1 heterocycles. The van der Waals surface area contributed by atoms with E-state index in [1.165, 1.54) is 23.5 Å². The Morgan fingerprint density at radius 1 is 1.36 bits per heavy atom. The molecule has 0 radical (unpaired) electrons. The Kier molecular flexibility index (Phi) is 4.58. The second-order valence-corrected chi connectivity index (χ2v) is 6.49. The molecular formula is C18H15N3O3S. The predicted octanol–water partition coefficient (Wildman–Crippen LogP) is 3.85. The van der Waals surface area contributed by atoms with Crippen LogP contribution in [0, 0.1) is 17.0 Å². The molecule has 0 spiro atoms. The van der Waals surface area contributed by atoms with Crippen molar-refractivity contribution in [2.45, 2.75) is 13.5 Å². The fourth-order valence-corrected chi connectivity index (χ4v) is 3.51. The smallest absolute Gasteiger partial charge is 0.279 e. The number of allylic oxidation sites excluding steroid dienone is 1. The molecule has 0 saturated heterocycles. The minimum absolute atomic E-state index is 0.000303. The number of thiazole rings is 1. The number of carbonyl (C=O) groups excluding carboxylic acids is 1. The van der Waals surface area contributed by atoms with E-state index in [4.69, 9.17) is 0 Å². The zero-order chi connectivity index (χ0) is 18.0. The number of rotatable bonds is 4. The highest BCUT2D eigenvalue weighted by Crippen LogP contribution is 2.23. The zero-order valence-corrected chi connectivity index (χ0v) is 14.3. The molecule has 0 fully saturated rings. The van der Waals surface area contributed by atoms with Gasteiger partial charge in [-0.05, 0) is 25.1 Å². The largest absolute Gasteiger partial charge is 0.312 e. The fourth-order valence-electron chi connectivity index (χ4n) is 2.49. The molecule has 1 amide bonds. The predicted molar refractivity (Wildman–Crippen MR) is 97.7 cm³/mol. The number of fused-ring (bicyclic) bond motifs is 1. The number of hydrogen-bond donors (Lipinski definition) is 0. The van der Waals surface area contributed by atoms with Crippen molar-refractivity contribution in [3.8, 4) is 0 Å². The lowest BCUT2D eigenvalue weighted by Gasteiger charge is -2.01. The van der Waals surface area contributed by atoms with Crippen molar-refractivity contribution >= 4 is 33.1 Å². The average Bonchev–Trinajstić information content (AvgIpc) is 2.92. The van der Waals surface area contributed by atoms with Crippen LogP contribution >= 0.6 is 11.3 Å². The Labute approximate surface area is 147 Å². The normalized spacial score (nSPS) is 11.6. The summed E-state index contributed by atoms with van der Waals surface area (Å²) in [6.07, 6.45) is 1.67. The molecule has 3 rings (SSSR count). The lowest BCUT2D eigenvalue weighted by atomic mass is 10.1. The molecule has 25 heavy (non-hydrogen) atoms. The van der Waals surface area contributed by atoms with Gasteiger partial charge in [0.2, 0.25) is 0 Å². The van der Waals surface area contributed by atoms with Crippen molar-refractivity contribution in [2.24, 2.45) is 4.99 Å². The van der Waals surface area contributed by atoms with Crippen LogP contribution in [-0.2, 0) is 6.54 Å². The van der Waals surface area contributed by atoms with Crippen LogP contribution in [0.2, 0.25) is 0 Å². The second-order valence-electron chi connectivity index (χ2n) is 5.48. The van der Waals surface area contributed by atoms with Gasteiger partial charge in [-0.15, -0.1) is 6.58 Å². The van der Waals surface area contributed by atoms with Gasteiger partial charge in [0, 0.05) is 24.2 Å². The van der Waals surface area contributed by atoms with Gasteiger partial charge in [0.05, 0.1) is 15.1 Å². The van der Waals surface area contributed by atoms with E-state index in [1.54, 1.807) is 28.8 Å². The van der Waals surface area contributed by atoms with Crippen molar-refractivity contribution in [1.82, 2.24) is 4.57 Å². The number of aryl methyl sites for hydroxylation is 1. The van der Waals surface area contributed by atoms with Crippen LogP contribution in [0.4, 0.5) is 5.69 Å². The Morgan fingerprint density at radius 2 is 2.16 bits per heavy atom. The molecule has 2 aromatic carbocycles. The molecule has 6 nitrogen and oxygen atoms in total. The Bertz CT molecular complexity index is 1060. The summed E-state index contributed by atoms with van der Waals surface area (Å²) < 4.78 is 2.58. The maximum absolute atomic E-state index is 12.5. The van der Waals surface area contributed by atoms with Gasteiger partial charge in [-0.3, -0.25) is 14.9 Å². The van der Waals surface area contributed by atoms with Crippen LogP contribution in [0.3, 0.4) is 0 Å². The minimum Gasteiger partial charge on any atom is -0.312 e. The lowest BCUT2D eigenvalue weighted by Crippen LogP contribution is -2.16. The van der Waals surface area contributed by atoms with Gasteiger partial charge in [-0.25, -0.2) is 0 Å². The maximum atomic E-state index is 12.5. The van der Waals surface area contributed by atoms with Crippen LogP contribution in [-0.4, -0.2) is 15.4 Å². The number of hydrogen-bond acceptors (Lipinski definition) is 4. The van der Waals surface area contributed by atoms with Gasteiger partial charge in [0.25, 0.3) is 11.6 Å². The zero-order valence-electron chi connectivity index (χ0n) is 13.5. The number of benzene rings is 2. The molecular weight excluding hydrogens is 338 g/mol. The van der Waals surface area contributed by atoms with E-state index in [1.807, 2.05) is 19.1 Å². The summed E-state index contributed by atoms with van der Waals surface area (Å²) in [5, 5.41) is 11.0. The number of amides is 1. The van der Waals surface area contributed by atoms with E-state index in [0.717, 1.165) is 10.3 Å². The quantitative estimate of drug-likeness (QED) is 0.406. The maximum Gasteiger partial charge on any atom is 0.279 e. The van der Waals surface area contributed by atoms with E-state index in [0.29, 0.717) is 22.4 Å². The van der Waals surface area contributed by atoms with Crippen LogP contribution < -0.4 is 4.80 Å². The van der Waals surface area contributed by atoms with Crippen molar-refractivity contribution < 1.29 is 9.72 Å². The van der Waals surface area contributed by atoms with Gasteiger partial charge >= 0.3 is 0 Å². The third-order valence-electron chi connectivity index (χ3n) is 3.65. The summed E-state index contributed by atoms with van der Waals surface area (Å²) in [4.78, 5) is 27.8. The summed E-state index contributed by atoms with van der Waals surface area (Å²) in [6.45, 7) is 6.03. The van der Waals surface area contributed by atoms with E-state index in [-0.39, 0.29) is 11.6 Å². The molecule has 0 N–H and O–H groups in total. The van der Waals surface area contributed by atoms with E-state index in [9.17, 15) is 14.9 Å². The monoisotopic (exact) mass is 353 g/mol. The molecule has 0 aliphatic carbocycles. The molecule has 0 unspecified atom stereocenters. The molecule has 0 aliphatic heterocycles. The molecule has 0 bridgehead atoms. The Morgan fingerprint density at radius 3 is 2.84 bits per heavy atom. The van der Waals surface area contributed by atoms with Crippen molar-refractivity contribution in [2.75, 3.05) is 0 Å². The van der Waals surface area contributed by atoms with Crippen LogP contribution in [0.15, 0.2) is 60.1 Å². The fraction of sp³-hybridized carbons (Fsp3) is 0.111. The summed E-state index contributed by atoms with van der Waals surface area (Å²) in [5.41, 5.74) is 2.15. The third-order valence-corrected chi connectivity index (χ3v) is 4.71. The summed E-state index contributed by atoms with van der Waals surface area (Å²) in [5.74, 6) is -0.345. The number of carbonyl (C=O) groups is 1. The minimum atomic E-state index is -0.440. The first-order valence-corrected chi connectivity index (χ1v) is 8.35. The van der Waals surface area contributed by atoms with Crippen molar-refractivity contribution in [3.63, 3.8) is 0 Å². The summed E-state index contributed by atoms with van der Waals surface area (Å²) in [6, 6.07) is 11.8. The summed E-state index contributed by atoms with van der Waals surface area (Å²) in [7, 11) is 0. The van der Waals surface area contributed by atoms with Crippen LogP contribution in [0.25, 0.3) is 10.2 Å². The van der Waals surface area contributed by atoms with Crippen molar-refractivity contribution in [1.29, 1.82) is 0 Å². The first-order chi connectivity index (χ1) is 12.0. The molecule has 3 aromatic rings.